The minimum atomic E-state index is 0.0864. The van der Waals surface area contributed by atoms with Crippen molar-refractivity contribution < 1.29 is 9.53 Å². The molecule has 0 N–H and O–H groups in total. The Balaban J connectivity index is 3.49. The van der Waals surface area contributed by atoms with Crippen molar-refractivity contribution in [2.45, 2.75) is 20.8 Å². The van der Waals surface area contributed by atoms with Crippen molar-refractivity contribution >= 4 is 21.7 Å². The molecule has 0 unspecified atom stereocenters. The van der Waals surface area contributed by atoms with E-state index in [-0.39, 0.29) is 5.78 Å². The Labute approximate surface area is 92.4 Å². The van der Waals surface area contributed by atoms with Crippen LogP contribution in [0.2, 0.25) is 0 Å². The van der Waals surface area contributed by atoms with Gasteiger partial charge in [-0.3, -0.25) is 4.79 Å². The van der Waals surface area contributed by atoms with Gasteiger partial charge in [0, 0.05) is 5.56 Å². The van der Waals surface area contributed by atoms with E-state index in [2.05, 4.69) is 15.9 Å². The van der Waals surface area contributed by atoms with Gasteiger partial charge in [0.2, 0.25) is 0 Å². The molecular formula is C11H13BrO2. The molecule has 0 aliphatic rings. The normalized spacial score (nSPS) is 10.1. The fourth-order valence-corrected chi connectivity index (χ4v) is 2.09. The number of rotatable bonds is 2. The van der Waals surface area contributed by atoms with E-state index in [4.69, 9.17) is 4.74 Å². The SMILES string of the molecule is COc1cc(C)c(C(C)=O)c(C)c1Br. The molecule has 0 saturated carbocycles. The lowest BCUT2D eigenvalue weighted by atomic mass is 9.99. The van der Waals surface area contributed by atoms with E-state index in [1.807, 2.05) is 19.9 Å². The van der Waals surface area contributed by atoms with E-state index in [0.717, 1.165) is 26.9 Å². The van der Waals surface area contributed by atoms with Crippen LogP contribution in [0.4, 0.5) is 0 Å². The molecule has 0 aliphatic heterocycles. The van der Waals surface area contributed by atoms with E-state index in [0.29, 0.717) is 0 Å². The number of carbonyl (C=O) groups excluding carboxylic acids is 1. The minimum absolute atomic E-state index is 0.0864. The average molecular weight is 257 g/mol. The monoisotopic (exact) mass is 256 g/mol. The number of methoxy groups -OCH3 is 1. The third-order valence-electron chi connectivity index (χ3n) is 2.23. The largest absolute Gasteiger partial charge is 0.496 e. The van der Waals surface area contributed by atoms with Crippen molar-refractivity contribution in [3.8, 4) is 5.75 Å². The Bertz CT molecular complexity index is 383. The summed E-state index contributed by atoms with van der Waals surface area (Å²) in [6.07, 6.45) is 0. The summed E-state index contributed by atoms with van der Waals surface area (Å²) in [7, 11) is 1.62. The Hall–Kier alpha value is -0.830. The topological polar surface area (TPSA) is 26.3 Å². The van der Waals surface area contributed by atoms with E-state index < -0.39 is 0 Å². The second-order valence-corrected chi connectivity index (χ2v) is 4.06. The standard InChI is InChI=1S/C11H13BrO2/c1-6-5-9(14-4)11(12)7(2)10(6)8(3)13/h5H,1-4H3. The highest BCUT2D eigenvalue weighted by atomic mass is 79.9. The van der Waals surface area contributed by atoms with Crippen LogP contribution in [0.3, 0.4) is 0 Å². The molecule has 0 spiro atoms. The lowest BCUT2D eigenvalue weighted by Gasteiger charge is -2.12. The van der Waals surface area contributed by atoms with Crippen molar-refractivity contribution in [1.82, 2.24) is 0 Å². The molecule has 0 saturated heterocycles. The molecular weight excluding hydrogens is 244 g/mol. The van der Waals surface area contributed by atoms with Gasteiger partial charge in [0.05, 0.1) is 11.6 Å². The number of halogens is 1. The molecule has 0 amide bonds. The van der Waals surface area contributed by atoms with Gasteiger partial charge in [0.15, 0.2) is 5.78 Å². The Morgan fingerprint density at radius 1 is 1.43 bits per heavy atom. The lowest BCUT2D eigenvalue weighted by Crippen LogP contribution is -2.02. The van der Waals surface area contributed by atoms with Gasteiger partial charge in [-0.05, 0) is 53.9 Å². The fraction of sp³-hybridized carbons (Fsp3) is 0.364. The predicted octanol–water partition coefficient (Wildman–Crippen LogP) is 3.28. The first kappa shape index (κ1) is 11.2. The van der Waals surface area contributed by atoms with Crippen molar-refractivity contribution in [2.24, 2.45) is 0 Å². The van der Waals surface area contributed by atoms with E-state index in [1.54, 1.807) is 14.0 Å². The summed E-state index contributed by atoms with van der Waals surface area (Å²) in [5, 5.41) is 0. The average Bonchev–Trinajstić information content (AvgIpc) is 2.10. The quantitative estimate of drug-likeness (QED) is 0.760. The van der Waals surface area contributed by atoms with E-state index in [1.165, 1.54) is 0 Å². The van der Waals surface area contributed by atoms with Crippen molar-refractivity contribution in [1.29, 1.82) is 0 Å². The smallest absolute Gasteiger partial charge is 0.160 e. The number of hydrogen-bond donors (Lipinski definition) is 0. The molecule has 1 rings (SSSR count). The Kier molecular flexibility index (Phi) is 3.32. The first-order chi connectivity index (χ1) is 6.49. The predicted molar refractivity (Wildman–Crippen MR) is 60.2 cm³/mol. The molecule has 0 aliphatic carbocycles. The zero-order valence-corrected chi connectivity index (χ0v) is 10.4. The van der Waals surface area contributed by atoms with Gasteiger partial charge < -0.3 is 4.74 Å². The number of aryl methyl sites for hydroxylation is 1. The maximum atomic E-state index is 11.4. The van der Waals surface area contributed by atoms with Gasteiger partial charge in [-0.15, -0.1) is 0 Å². The molecule has 1 aromatic rings. The van der Waals surface area contributed by atoms with Crippen LogP contribution < -0.4 is 4.74 Å². The van der Waals surface area contributed by atoms with Crippen molar-refractivity contribution in [3.63, 3.8) is 0 Å². The molecule has 2 nitrogen and oxygen atoms in total. The number of carbonyl (C=O) groups is 1. The zero-order valence-electron chi connectivity index (χ0n) is 8.77. The number of Topliss-reactive ketones (excluding diaryl/α,β-unsaturated/α-hetero) is 1. The molecule has 0 aromatic heterocycles. The summed E-state index contributed by atoms with van der Waals surface area (Å²) >= 11 is 3.42. The Morgan fingerprint density at radius 2 is 2.00 bits per heavy atom. The lowest BCUT2D eigenvalue weighted by molar-refractivity contribution is 0.101. The minimum Gasteiger partial charge on any atom is -0.496 e. The van der Waals surface area contributed by atoms with Crippen molar-refractivity contribution in [3.05, 3.63) is 27.2 Å². The second kappa shape index (κ2) is 4.13. The van der Waals surface area contributed by atoms with E-state index in [9.17, 15) is 4.79 Å². The second-order valence-electron chi connectivity index (χ2n) is 3.27. The molecule has 0 radical (unpaired) electrons. The fourth-order valence-electron chi connectivity index (χ4n) is 1.61. The number of ketones is 1. The number of hydrogen-bond acceptors (Lipinski definition) is 2. The molecule has 0 atom stereocenters. The summed E-state index contributed by atoms with van der Waals surface area (Å²) in [6.45, 7) is 5.41. The van der Waals surface area contributed by atoms with Gasteiger partial charge in [0.25, 0.3) is 0 Å². The van der Waals surface area contributed by atoms with Crippen LogP contribution in [-0.2, 0) is 0 Å². The summed E-state index contributed by atoms with van der Waals surface area (Å²) in [5.41, 5.74) is 2.67. The summed E-state index contributed by atoms with van der Waals surface area (Å²) < 4.78 is 6.04. The van der Waals surface area contributed by atoms with Crippen LogP contribution in [0, 0.1) is 13.8 Å². The van der Waals surface area contributed by atoms with E-state index >= 15 is 0 Å². The Morgan fingerprint density at radius 3 is 2.43 bits per heavy atom. The van der Waals surface area contributed by atoms with Crippen LogP contribution in [-0.4, -0.2) is 12.9 Å². The highest BCUT2D eigenvalue weighted by Crippen LogP contribution is 2.32. The third kappa shape index (κ3) is 1.82. The zero-order chi connectivity index (χ0) is 10.9. The van der Waals surface area contributed by atoms with Gasteiger partial charge in [0.1, 0.15) is 5.75 Å². The van der Waals surface area contributed by atoms with Gasteiger partial charge in [-0.25, -0.2) is 0 Å². The highest BCUT2D eigenvalue weighted by Gasteiger charge is 2.14. The molecule has 0 heterocycles. The van der Waals surface area contributed by atoms with Gasteiger partial charge >= 0.3 is 0 Å². The van der Waals surface area contributed by atoms with Crippen LogP contribution in [0.5, 0.6) is 5.75 Å². The molecule has 1 aromatic carbocycles. The summed E-state index contributed by atoms with van der Waals surface area (Å²) in [4.78, 5) is 11.4. The third-order valence-corrected chi connectivity index (χ3v) is 3.22. The first-order valence-electron chi connectivity index (χ1n) is 4.33. The summed E-state index contributed by atoms with van der Waals surface area (Å²) in [5.74, 6) is 0.855. The molecule has 76 valence electrons. The van der Waals surface area contributed by atoms with Crippen molar-refractivity contribution in [2.75, 3.05) is 7.11 Å². The maximum Gasteiger partial charge on any atom is 0.160 e. The highest BCUT2D eigenvalue weighted by molar-refractivity contribution is 9.10. The molecule has 14 heavy (non-hydrogen) atoms. The van der Waals surface area contributed by atoms with Gasteiger partial charge in [-0.1, -0.05) is 0 Å². The van der Waals surface area contributed by atoms with Gasteiger partial charge in [-0.2, -0.15) is 0 Å². The summed E-state index contributed by atoms with van der Waals surface area (Å²) in [6, 6.07) is 1.87. The van der Waals surface area contributed by atoms with Crippen LogP contribution >= 0.6 is 15.9 Å². The first-order valence-corrected chi connectivity index (χ1v) is 5.13. The number of ether oxygens (including phenoxy) is 1. The van der Waals surface area contributed by atoms with Crippen LogP contribution in [0.25, 0.3) is 0 Å². The molecule has 0 fully saturated rings. The molecule has 0 bridgehead atoms. The maximum absolute atomic E-state index is 11.4. The van der Waals surface area contributed by atoms with Crippen LogP contribution in [0.1, 0.15) is 28.4 Å². The number of benzene rings is 1. The van der Waals surface area contributed by atoms with Crippen LogP contribution in [0.15, 0.2) is 10.5 Å². The molecule has 3 heteroatoms.